The van der Waals surface area contributed by atoms with Gasteiger partial charge in [0.15, 0.2) is 5.66 Å². The van der Waals surface area contributed by atoms with Gasteiger partial charge in [0.05, 0.1) is 19.6 Å². The van der Waals surface area contributed by atoms with E-state index in [9.17, 15) is 14.2 Å². The van der Waals surface area contributed by atoms with Gasteiger partial charge in [-0.25, -0.2) is 0 Å². The molecule has 0 amide bonds. The summed E-state index contributed by atoms with van der Waals surface area (Å²) in [5.74, 6) is -2.21. The van der Waals surface area contributed by atoms with Gasteiger partial charge in [0.25, 0.3) is 0 Å². The molecular formula is C9H17O9P. The van der Waals surface area contributed by atoms with Gasteiger partial charge in [0.2, 0.25) is 0 Å². The van der Waals surface area contributed by atoms with Crippen LogP contribution in [0.15, 0.2) is 0 Å². The second kappa shape index (κ2) is 9.00. The summed E-state index contributed by atoms with van der Waals surface area (Å²) in [5.41, 5.74) is -1.92. The highest BCUT2D eigenvalue weighted by Crippen LogP contribution is 2.43. The van der Waals surface area contributed by atoms with Crippen molar-refractivity contribution in [3.8, 4) is 0 Å². The molecule has 0 spiro atoms. The summed E-state index contributed by atoms with van der Waals surface area (Å²) in [7, 11) is -3.48. The van der Waals surface area contributed by atoms with E-state index in [2.05, 4.69) is 14.2 Å². The highest BCUT2D eigenvalue weighted by Gasteiger charge is 2.39. The molecule has 0 saturated carbocycles. The van der Waals surface area contributed by atoms with Crippen molar-refractivity contribution in [1.82, 2.24) is 0 Å². The molecule has 9 nitrogen and oxygen atoms in total. The Bertz CT molecular complexity index is 337. The lowest BCUT2D eigenvalue weighted by molar-refractivity contribution is -0.151. The first-order chi connectivity index (χ1) is 8.82. The quantitative estimate of drug-likeness (QED) is 0.268. The summed E-state index contributed by atoms with van der Waals surface area (Å²) in [6.45, 7) is -0.859. The van der Waals surface area contributed by atoms with Crippen LogP contribution < -0.4 is 0 Å². The fourth-order valence-electron chi connectivity index (χ4n) is 1.04. The molecule has 0 aliphatic carbocycles. The van der Waals surface area contributed by atoms with Crippen LogP contribution in [0.1, 0.15) is 6.42 Å². The molecule has 112 valence electrons. The Morgan fingerprint density at radius 3 is 2.26 bits per heavy atom. The largest absolute Gasteiger partial charge is 0.463 e. The monoisotopic (exact) mass is 300 g/mol. The second-order valence-electron chi connectivity index (χ2n) is 3.41. The van der Waals surface area contributed by atoms with Crippen molar-refractivity contribution in [1.29, 1.82) is 0 Å². The van der Waals surface area contributed by atoms with Crippen LogP contribution in [0.5, 0.6) is 0 Å². The maximum Gasteiger partial charge on any atom is 0.340 e. The highest BCUT2D eigenvalue weighted by molar-refractivity contribution is 7.53. The van der Waals surface area contributed by atoms with E-state index in [1.807, 2.05) is 0 Å². The summed E-state index contributed by atoms with van der Waals surface area (Å²) in [6.07, 6.45) is -0.823. The van der Waals surface area contributed by atoms with E-state index in [4.69, 9.17) is 14.9 Å². The van der Waals surface area contributed by atoms with E-state index in [1.54, 1.807) is 0 Å². The van der Waals surface area contributed by atoms with Gasteiger partial charge in [0, 0.05) is 7.11 Å². The average Bonchev–Trinajstić information content (AvgIpc) is 2.32. The Morgan fingerprint density at radius 2 is 1.79 bits per heavy atom. The number of aliphatic hydroxyl groups is 1. The summed E-state index contributed by atoms with van der Waals surface area (Å²) < 4.78 is 24.7. The maximum atomic E-state index is 11.4. The van der Waals surface area contributed by atoms with Crippen molar-refractivity contribution in [3.05, 3.63) is 0 Å². The Balaban J connectivity index is 4.51. The number of aliphatic hydroxyl groups excluding tert-OH is 1. The van der Waals surface area contributed by atoms with Crippen LogP contribution in [-0.4, -0.2) is 66.0 Å². The van der Waals surface area contributed by atoms with E-state index in [0.29, 0.717) is 0 Å². The molecule has 0 radical (unpaired) electrons. The van der Waals surface area contributed by atoms with E-state index < -0.39 is 38.2 Å². The average molecular weight is 300 g/mol. The number of hydrogen-bond acceptors (Lipinski definition) is 7. The number of rotatable bonds is 9. The van der Waals surface area contributed by atoms with E-state index >= 15 is 0 Å². The lowest BCUT2D eigenvalue weighted by Crippen LogP contribution is -2.28. The van der Waals surface area contributed by atoms with Crippen molar-refractivity contribution < 1.29 is 43.3 Å². The number of methoxy groups -OCH3 is 1. The van der Waals surface area contributed by atoms with Crippen molar-refractivity contribution in [2.45, 2.75) is 12.1 Å². The molecule has 3 N–H and O–H groups in total. The van der Waals surface area contributed by atoms with Gasteiger partial charge in [0.1, 0.15) is 13.2 Å². The standard InChI is InChI=1S/C9H17O9P/c1-16-4-5-18-9(12)7(19(13,14)15)6-8(11)17-3-2-10/h7,10H,2-6H2,1H3,(H2,13,14,15). The minimum Gasteiger partial charge on any atom is -0.463 e. The fraction of sp³-hybridized carbons (Fsp3) is 0.778. The van der Waals surface area contributed by atoms with Gasteiger partial charge in [-0.05, 0) is 0 Å². The molecule has 0 aromatic rings. The van der Waals surface area contributed by atoms with E-state index in [0.717, 1.165) is 0 Å². The predicted octanol–water partition coefficient (Wildman–Crippen LogP) is -1.35. The molecule has 0 aliphatic rings. The number of carbonyl (C=O) groups is 2. The summed E-state index contributed by atoms with van der Waals surface area (Å²) in [5, 5.41) is 8.43. The topological polar surface area (TPSA) is 140 Å². The van der Waals surface area contributed by atoms with Crippen molar-refractivity contribution in [2.75, 3.05) is 33.5 Å². The van der Waals surface area contributed by atoms with Crippen LogP contribution in [0.2, 0.25) is 0 Å². The molecule has 0 saturated heterocycles. The van der Waals surface area contributed by atoms with Crippen molar-refractivity contribution in [2.24, 2.45) is 0 Å². The van der Waals surface area contributed by atoms with Crippen LogP contribution in [0.25, 0.3) is 0 Å². The summed E-state index contributed by atoms with van der Waals surface area (Å²) >= 11 is 0. The zero-order chi connectivity index (χ0) is 14.9. The lowest BCUT2D eigenvalue weighted by Gasteiger charge is -2.16. The Hall–Kier alpha value is -0.990. The Morgan fingerprint density at radius 1 is 1.16 bits per heavy atom. The van der Waals surface area contributed by atoms with Crippen molar-refractivity contribution in [3.63, 3.8) is 0 Å². The van der Waals surface area contributed by atoms with E-state index in [-0.39, 0.29) is 19.8 Å². The zero-order valence-corrected chi connectivity index (χ0v) is 11.2. The van der Waals surface area contributed by atoms with E-state index in [1.165, 1.54) is 7.11 Å². The first-order valence-corrected chi connectivity index (χ1v) is 6.98. The molecule has 0 heterocycles. The molecule has 1 unspecified atom stereocenters. The third-order valence-electron chi connectivity index (χ3n) is 1.92. The molecule has 0 rings (SSSR count). The van der Waals surface area contributed by atoms with Crippen LogP contribution in [0.3, 0.4) is 0 Å². The number of carbonyl (C=O) groups excluding carboxylic acids is 2. The Labute approximate surface area is 109 Å². The van der Waals surface area contributed by atoms with Crippen LogP contribution in [0.4, 0.5) is 0 Å². The zero-order valence-electron chi connectivity index (χ0n) is 10.4. The molecule has 0 fully saturated rings. The third kappa shape index (κ3) is 7.91. The minimum absolute atomic E-state index is 0.0641. The van der Waals surface area contributed by atoms with Gasteiger partial charge < -0.3 is 29.1 Å². The smallest absolute Gasteiger partial charge is 0.340 e. The summed E-state index contributed by atoms with van der Waals surface area (Å²) in [6, 6.07) is 0. The lowest BCUT2D eigenvalue weighted by atomic mass is 10.3. The van der Waals surface area contributed by atoms with Gasteiger partial charge in [-0.3, -0.25) is 14.2 Å². The van der Waals surface area contributed by atoms with Gasteiger partial charge in [-0.1, -0.05) is 0 Å². The number of hydrogen-bond donors (Lipinski definition) is 3. The highest BCUT2D eigenvalue weighted by atomic mass is 31.2. The molecule has 0 aliphatic heterocycles. The molecule has 10 heteroatoms. The molecule has 19 heavy (non-hydrogen) atoms. The summed E-state index contributed by atoms with van der Waals surface area (Å²) in [4.78, 5) is 40.6. The number of esters is 2. The predicted molar refractivity (Wildman–Crippen MR) is 61.3 cm³/mol. The third-order valence-corrected chi connectivity index (χ3v) is 3.13. The van der Waals surface area contributed by atoms with Crippen LogP contribution in [-0.2, 0) is 28.4 Å². The molecule has 0 aromatic heterocycles. The SMILES string of the molecule is COCCOC(=O)C(CC(=O)OCCO)P(=O)(O)O. The molecule has 1 atom stereocenters. The molecule has 0 aromatic carbocycles. The molecule has 0 bridgehead atoms. The fourth-order valence-corrected chi connectivity index (χ4v) is 1.77. The maximum absolute atomic E-state index is 11.4. The second-order valence-corrected chi connectivity index (χ2v) is 5.21. The van der Waals surface area contributed by atoms with Crippen LogP contribution in [0, 0.1) is 0 Å². The normalized spacial score (nSPS) is 12.8. The van der Waals surface area contributed by atoms with Gasteiger partial charge in [-0.15, -0.1) is 0 Å². The minimum atomic E-state index is -4.85. The molecular weight excluding hydrogens is 283 g/mol. The van der Waals surface area contributed by atoms with Crippen LogP contribution >= 0.6 is 7.60 Å². The number of ether oxygens (including phenoxy) is 3. The first kappa shape index (κ1) is 18.0. The Kier molecular flexibility index (Phi) is 8.53. The van der Waals surface area contributed by atoms with Gasteiger partial charge >= 0.3 is 19.5 Å². The first-order valence-electron chi connectivity index (χ1n) is 5.30. The van der Waals surface area contributed by atoms with Gasteiger partial charge in [-0.2, -0.15) is 0 Å². The van der Waals surface area contributed by atoms with Crippen molar-refractivity contribution >= 4 is 19.5 Å².